The van der Waals surface area contributed by atoms with Gasteiger partial charge >= 0.3 is 6.09 Å². The molecule has 1 aliphatic rings. The van der Waals surface area contributed by atoms with Crippen LogP contribution < -0.4 is 4.74 Å². The first-order valence-corrected chi connectivity index (χ1v) is 17.9. The number of ether oxygens (including phenoxy) is 2. The van der Waals surface area contributed by atoms with Gasteiger partial charge in [-0.1, -0.05) is 39.0 Å². The third-order valence-corrected chi connectivity index (χ3v) is 13.4. The van der Waals surface area contributed by atoms with Crippen LogP contribution in [0.4, 0.5) is 4.79 Å². The number of hydrogen-bond acceptors (Lipinski definition) is 6. The average molecular weight is 611 g/mol. The number of pyridine rings is 1. The van der Waals surface area contributed by atoms with Gasteiger partial charge in [0, 0.05) is 43.1 Å². The van der Waals surface area contributed by atoms with Crippen LogP contribution in [0.25, 0.3) is 10.9 Å². The van der Waals surface area contributed by atoms with Gasteiger partial charge in [-0.3, -0.25) is 9.78 Å². The molecule has 1 fully saturated rings. The van der Waals surface area contributed by atoms with Gasteiger partial charge in [0.15, 0.2) is 14.4 Å². The molecule has 0 aliphatic carbocycles. The molecule has 0 saturated carbocycles. The molecule has 3 atom stereocenters. The van der Waals surface area contributed by atoms with Crippen LogP contribution in [0.5, 0.6) is 5.75 Å². The number of benzene rings is 1. The lowest BCUT2D eigenvalue weighted by molar-refractivity contribution is -0.142. The second-order valence-corrected chi connectivity index (χ2v) is 16.0. The van der Waals surface area contributed by atoms with Crippen molar-refractivity contribution in [3.63, 3.8) is 0 Å². The van der Waals surface area contributed by atoms with Crippen molar-refractivity contribution in [2.75, 3.05) is 32.8 Å². The summed E-state index contributed by atoms with van der Waals surface area (Å²) in [7, 11) is -2.04. The maximum atomic E-state index is 12.9. The lowest BCUT2D eigenvalue weighted by Gasteiger charge is -2.37. The van der Waals surface area contributed by atoms with Crippen LogP contribution >= 0.6 is 0 Å². The zero-order valence-electron chi connectivity index (χ0n) is 26.0. The molecule has 2 N–H and O–H groups in total. The Morgan fingerprint density at radius 1 is 1.12 bits per heavy atom. The highest BCUT2D eigenvalue weighted by Gasteiger charge is 2.35. The number of aromatic amines is 1. The van der Waals surface area contributed by atoms with Crippen LogP contribution in [0.2, 0.25) is 18.1 Å². The largest absolute Gasteiger partial charge is 0.479 e. The number of morpholine rings is 1. The summed E-state index contributed by atoms with van der Waals surface area (Å²) in [5, 5.41) is 11.3. The van der Waals surface area contributed by atoms with Gasteiger partial charge in [-0.25, -0.2) is 4.79 Å². The Bertz CT molecular complexity index is 1330. The maximum Gasteiger partial charge on any atom is 0.407 e. The number of H-pyrrole nitrogens is 1. The fourth-order valence-corrected chi connectivity index (χ4v) is 8.68. The number of nitrogens with zero attached hydrogens (tertiary/aromatic N) is 3. The number of fused-ring (bicyclic) bond motifs is 1. The third-order valence-electron chi connectivity index (χ3n) is 8.77. The standard InChI is InChI=1S/C32H46N4O6Si/c1-6-43(7-2,8-3)42-29(25-11-10-14-33-20-25)22-36(32(38)39)23(4)19-26-21-34-30-27(26)12-9-13-28(30)41-24(5)31(37)35-15-17-40-18-16-35/h9-14,20-21,23-24,29,34H,6-8,15-19,22H2,1-5H3,(H,38,39)/t23-,24-,29+/m1/s1. The van der Waals surface area contributed by atoms with Gasteiger partial charge in [-0.2, -0.15) is 0 Å². The molecule has 2 aromatic heterocycles. The number of rotatable bonds is 14. The number of amides is 2. The molecule has 3 heterocycles. The predicted octanol–water partition coefficient (Wildman–Crippen LogP) is 5.86. The summed E-state index contributed by atoms with van der Waals surface area (Å²) < 4.78 is 18.4. The zero-order chi connectivity index (χ0) is 31.0. The summed E-state index contributed by atoms with van der Waals surface area (Å²) in [4.78, 5) is 36.4. The molecule has 3 aromatic rings. The number of carboxylic acid groups (broad SMARTS) is 1. The van der Waals surface area contributed by atoms with Crippen molar-refractivity contribution in [3.05, 3.63) is 60.0 Å². The van der Waals surface area contributed by atoms with Crippen molar-refractivity contribution in [3.8, 4) is 5.75 Å². The number of nitrogens with one attached hydrogen (secondary N) is 1. The van der Waals surface area contributed by atoms with Crippen molar-refractivity contribution in [1.29, 1.82) is 0 Å². The molecule has 1 aromatic carbocycles. The van der Waals surface area contributed by atoms with Crippen molar-refractivity contribution in [2.24, 2.45) is 0 Å². The van der Waals surface area contributed by atoms with Gasteiger partial charge in [0.25, 0.3) is 5.91 Å². The quantitative estimate of drug-likeness (QED) is 0.220. The van der Waals surface area contributed by atoms with E-state index in [1.807, 2.05) is 43.5 Å². The van der Waals surface area contributed by atoms with Crippen LogP contribution in [0.15, 0.2) is 48.9 Å². The number of hydrogen-bond donors (Lipinski definition) is 2. The smallest absolute Gasteiger partial charge is 0.407 e. The Morgan fingerprint density at radius 2 is 1.84 bits per heavy atom. The summed E-state index contributed by atoms with van der Waals surface area (Å²) in [6, 6.07) is 12.2. The molecule has 0 bridgehead atoms. The number of carbonyl (C=O) groups is 2. The first kappa shape index (κ1) is 32.5. The van der Waals surface area contributed by atoms with E-state index >= 15 is 0 Å². The minimum absolute atomic E-state index is 0.0653. The van der Waals surface area contributed by atoms with Crippen LogP contribution in [-0.2, 0) is 20.4 Å². The van der Waals surface area contributed by atoms with E-state index in [0.717, 1.165) is 40.2 Å². The fourth-order valence-electron chi connectivity index (χ4n) is 5.87. The van der Waals surface area contributed by atoms with Crippen molar-refractivity contribution in [2.45, 2.75) is 77.4 Å². The van der Waals surface area contributed by atoms with Crippen LogP contribution in [0.1, 0.15) is 51.8 Å². The number of aromatic nitrogens is 2. The summed E-state index contributed by atoms with van der Waals surface area (Å²) >= 11 is 0. The summed E-state index contributed by atoms with van der Waals surface area (Å²) in [5.74, 6) is 0.523. The molecular weight excluding hydrogens is 564 g/mol. The second-order valence-electron chi connectivity index (χ2n) is 11.3. The van der Waals surface area contributed by atoms with Crippen LogP contribution in [0.3, 0.4) is 0 Å². The molecule has 0 unspecified atom stereocenters. The molecule has 1 aliphatic heterocycles. The summed E-state index contributed by atoms with van der Waals surface area (Å²) in [6.45, 7) is 12.6. The van der Waals surface area contributed by atoms with Gasteiger partial charge in [0.1, 0.15) is 5.75 Å². The van der Waals surface area contributed by atoms with Gasteiger partial charge in [0.2, 0.25) is 0 Å². The van der Waals surface area contributed by atoms with E-state index in [4.69, 9.17) is 13.9 Å². The predicted molar refractivity (Wildman–Crippen MR) is 169 cm³/mol. The molecule has 234 valence electrons. The lowest BCUT2D eigenvalue weighted by Crippen LogP contribution is -2.46. The summed E-state index contributed by atoms with van der Waals surface area (Å²) in [6.07, 6.45) is 3.87. The minimum atomic E-state index is -2.04. The number of para-hydroxylation sites is 1. The van der Waals surface area contributed by atoms with E-state index in [1.165, 1.54) is 4.90 Å². The highest BCUT2D eigenvalue weighted by molar-refractivity contribution is 6.73. The molecule has 10 nitrogen and oxygen atoms in total. The fraction of sp³-hybridized carbons (Fsp3) is 0.531. The van der Waals surface area contributed by atoms with Gasteiger partial charge in [-0.05, 0) is 61.7 Å². The minimum Gasteiger partial charge on any atom is -0.479 e. The van der Waals surface area contributed by atoms with Gasteiger partial charge < -0.3 is 33.8 Å². The van der Waals surface area contributed by atoms with Crippen LogP contribution in [0, 0.1) is 0 Å². The molecule has 11 heteroatoms. The average Bonchev–Trinajstić information content (AvgIpc) is 3.45. The van der Waals surface area contributed by atoms with Gasteiger partial charge in [-0.15, -0.1) is 0 Å². The van der Waals surface area contributed by atoms with Gasteiger partial charge in [0.05, 0.1) is 31.4 Å². The Morgan fingerprint density at radius 3 is 2.47 bits per heavy atom. The van der Waals surface area contributed by atoms with Crippen LogP contribution in [-0.4, -0.2) is 90.2 Å². The first-order valence-electron chi connectivity index (χ1n) is 15.4. The molecule has 0 spiro atoms. The van der Waals surface area contributed by atoms with E-state index in [1.54, 1.807) is 24.2 Å². The topological polar surface area (TPSA) is 117 Å². The zero-order valence-corrected chi connectivity index (χ0v) is 27.0. The number of carbonyl (C=O) groups excluding carboxylic acids is 1. The van der Waals surface area contributed by atoms with E-state index in [9.17, 15) is 14.7 Å². The summed E-state index contributed by atoms with van der Waals surface area (Å²) in [5.41, 5.74) is 2.65. The molecule has 43 heavy (non-hydrogen) atoms. The monoisotopic (exact) mass is 610 g/mol. The molecule has 1 saturated heterocycles. The molecular formula is C32H46N4O6Si. The normalized spacial score (nSPS) is 16.1. The van der Waals surface area contributed by atoms with E-state index < -0.39 is 26.6 Å². The van der Waals surface area contributed by atoms with E-state index in [0.29, 0.717) is 38.5 Å². The second kappa shape index (κ2) is 14.9. The van der Waals surface area contributed by atoms with Crippen molar-refractivity contribution >= 4 is 31.2 Å². The lowest BCUT2D eigenvalue weighted by atomic mass is 10.0. The Hall–Kier alpha value is -3.41. The van der Waals surface area contributed by atoms with E-state index in [2.05, 4.69) is 30.7 Å². The van der Waals surface area contributed by atoms with Crippen molar-refractivity contribution in [1.82, 2.24) is 19.8 Å². The Balaban J connectivity index is 1.52. The first-order chi connectivity index (χ1) is 20.7. The maximum absolute atomic E-state index is 12.9. The third kappa shape index (κ3) is 7.76. The Kier molecular flexibility index (Phi) is 11.2. The molecule has 4 rings (SSSR count). The highest BCUT2D eigenvalue weighted by atomic mass is 28.4. The van der Waals surface area contributed by atoms with E-state index in [-0.39, 0.29) is 18.5 Å². The SMILES string of the molecule is CC[Si](CC)(CC)O[C@@H](CN(C(=O)O)[C@H](C)Cc1c[nH]c2c(O[C@H](C)C(=O)N3CCOCC3)cccc12)c1cccnc1. The molecule has 2 amide bonds. The highest BCUT2D eigenvalue weighted by Crippen LogP contribution is 2.32. The van der Waals surface area contributed by atoms with Crippen molar-refractivity contribution < 1.29 is 28.6 Å². The Labute approximate surface area is 255 Å². The molecule has 0 radical (unpaired) electrons.